The minimum absolute atomic E-state index is 0.0593. The summed E-state index contributed by atoms with van der Waals surface area (Å²) in [7, 11) is 1.26. The zero-order chi connectivity index (χ0) is 21.7. The number of ether oxygens (including phenoxy) is 2. The first-order valence-electron chi connectivity index (χ1n) is 8.78. The number of benzene rings is 1. The van der Waals surface area contributed by atoms with Crippen molar-refractivity contribution in [2.75, 3.05) is 18.9 Å². The summed E-state index contributed by atoms with van der Waals surface area (Å²) in [6, 6.07) is 6.80. The van der Waals surface area contributed by atoms with E-state index in [4.69, 9.17) is 15.2 Å². The third-order valence-corrected chi connectivity index (χ3v) is 4.47. The Kier molecular flexibility index (Phi) is 7.38. The number of halogens is 1. The third-order valence-electron chi connectivity index (χ3n) is 3.94. The molecule has 0 saturated heterocycles. The fraction of sp³-hybridized carbons (Fsp3) is 0.368. The van der Waals surface area contributed by atoms with Crippen LogP contribution < -0.4 is 21.7 Å². The van der Waals surface area contributed by atoms with Crippen LogP contribution in [0.25, 0.3) is 0 Å². The number of Topliss-reactive ketones (excluding diaryl/α,β-unsaturated/α-hetero) is 1. The first kappa shape index (κ1) is 22.4. The topological polar surface area (TPSA) is 123 Å². The van der Waals surface area contributed by atoms with Crippen LogP contribution in [-0.4, -0.2) is 34.1 Å². The highest BCUT2D eigenvalue weighted by atomic mass is 79.9. The molecule has 156 valence electrons. The van der Waals surface area contributed by atoms with Gasteiger partial charge in [-0.25, -0.2) is 9.59 Å². The molecule has 2 aromatic rings. The molecule has 0 saturated carbocycles. The van der Waals surface area contributed by atoms with Crippen molar-refractivity contribution in [3.05, 3.63) is 55.1 Å². The fourth-order valence-corrected chi connectivity index (χ4v) is 2.78. The molecule has 1 aromatic carbocycles. The van der Waals surface area contributed by atoms with Gasteiger partial charge in [-0.3, -0.25) is 18.7 Å². The van der Waals surface area contributed by atoms with Crippen LogP contribution in [-0.2, 0) is 23.1 Å². The normalized spacial score (nSPS) is 10.8. The second-order valence-electron chi connectivity index (χ2n) is 6.74. The Balaban J connectivity index is 2.09. The number of nitrogen functional groups attached to an aromatic ring is 1. The van der Waals surface area contributed by atoms with Crippen molar-refractivity contribution in [3.8, 4) is 5.75 Å². The summed E-state index contributed by atoms with van der Waals surface area (Å²) in [4.78, 5) is 48.9. The molecule has 9 nitrogen and oxygen atoms in total. The van der Waals surface area contributed by atoms with E-state index in [0.717, 1.165) is 13.6 Å². The maximum absolute atomic E-state index is 12.5. The molecule has 0 aliphatic heterocycles. The molecule has 0 aliphatic rings. The number of ketones is 1. The quantitative estimate of drug-likeness (QED) is 0.459. The van der Waals surface area contributed by atoms with Gasteiger partial charge in [-0.05, 0) is 30.2 Å². The molecule has 0 spiro atoms. The van der Waals surface area contributed by atoms with Gasteiger partial charge in [0.15, 0.2) is 13.2 Å². The number of rotatable bonds is 8. The van der Waals surface area contributed by atoms with E-state index in [9.17, 15) is 19.2 Å². The number of hydrogen-bond donors (Lipinski definition) is 1. The molecule has 2 N–H and O–H groups in total. The standard InChI is InChI=1S/C19H22BrN3O6/c1-11(2)8-23-17(21)16(18(26)22(3)19(23)27)14(24)9-29-15(25)10-28-13-6-4-12(20)5-7-13/h4-7,11H,8-10,21H2,1-3H3. The number of nitrogens with two attached hydrogens (primary N) is 1. The van der Waals surface area contributed by atoms with Crippen molar-refractivity contribution < 1.29 is 19.1 Å². The molecule has 29 heavy (non-hydrogen) atoms. The molecular formula is C19H22BrN3O6. The van der Waals surface area contributed by atoms with Crippen LogP contribution in [0.2, 0.25) is 0 Å². The van der Waals surface area contributed by atoms with Crippen molar-refractivity contribution in [3.63, 3.8) is 0 Å². The van der Waals surface area contributed by atoms with E-state index >= 15 is 0 Å². The van der Waals surface area contributed by atoms with E-state index in [-0.39, 0.29) is 23.8 Å². The van der Waals surface area contributed by atoms with E-state index in [0.29, 0.717) is 5.75 Å². The summed E-state index contributed by atoms with van der Waals surface area (Å²) in [6.45, 7) is 2.87. The summed E-state index contributed by atoms with van der Waals surface area (Å²) in [5.41, 5.74) is 4.09. The lowest BCUT2D eigenvalue weighted by Gasteiger charge is -2.16. The van der Waals surface area contributed by atoms with Crippen LogP contribution in [0, 0.1) is 5.92 Å². The molecule has 1 heterocycles. The number of anilines is 1. The van der Waals surface area contributed by atoms with E-state index in [2.05, 4.69) is 15.9 Å². The van der Waals surface area contributed by atoms with Gasteiger partial charge in [0.25, 0.3) is 5.56 Å². The van der Waals surface area contributed by atoms with E-state index < -0.39 is 36.2 Å². The Morgan fingerprint density at radius 3 is 2.34 bits per heavy atom. The summed E-state index contributed by atoms with van der Waals surface area (Å²) < 4.78 is 13.0. The van der Waals surface area contributed by atoms with Crippen molar-refractivity contribution in [1.82, 2.24) is 9.13 Å². The molecule has 0 unspecified atom stereocenters. The smallest absolute Gasteiger partial charge is 0.344 e. The molecule has 0 aliphatic carbocycles. The lowest BCUT2D eigenvalue weighted by molar-refractivity contribution is -0.144. The summed E-state index contributed by atoms with van der Waals surface area (Å²) in [5, 5.41) is 0. The van der Waals surface area contributed by atoms with Crippen molar-refractivity contribution in [2.24, 2.45) is 13.0 Å². The number of carbonyl (C=O) groups is 2. The highest BCUT2D eigenvalue weighted by molar-refractivity contribution is 9.10. The Morgan fingerprint density at radius 1 is 1.14 bits per heavy atom. The Labute approximate surface area is 175 Å². The second kappa shape index (κ2) is 9.55. The van der Waals surface area contributed by atoms with Crippen LogP contribution in [0.15, 0.2) is 38.3 Å². The maximum Gasteiger partial charge on any atom is 0.344 e. The fourth-order valence-electron chi connectivity index (χ4n) is 2.52. The van der Waals surface area contributed by atoms with E-state index in [1.807, 2.05) is 13.8 Å². The predicted octanol–water partition coefficient (Wildman–Crippen LogP) is 1.35. The van der Waals surface area contributed by atoms with Crippen LogP contribution in [0.3, 0.4) is 0 Å². The van der Waals surface area contributed by atoms with Crippen LogP contribution in [0.1, 0.15) is 24.2 Å². The Hall–Kier alpha value is -2.88. The molecular weight excluding hydrogens is 446 g/mol. The summed E-state index contributed by atoms with van der Waals surface area (Å²) >= 11 is 3.28. The summed E-state index contributed by atoms with van der Waals surface area (Å²) in [6.07, 6.45) is 0. The van der Waals surface area contributed by atoms with Gasteiger partial charge in [-0.2, -0.15) is 0 Å². The van der Waals surface area contributed by atoms with E-state index in [1.165, 1.54) is 7.05 Å². The monoisotopic (exact) mass is 467 g/mol. The number of nitrogens with zero attached hydrogens (tertiary/aromatic N) is 2. The van der Waals surface area contributed by atoms with Gasteiger partial charge in [0.05, 0.1) is 0 Å². The SMILES string of the molecule is CC(C)Cn1c(N)c(C(=O)COC(=O)COc2ccc(Br)cc2)c(=O)n(C)c1=O. The van der Waals surface area contributed by atoms with Crippen molar-refractivity contribution in [1.29, 1.82) is 0 Å². The molecule has 0 bridgehead atoms. The molecule has 0 fully saturated rings. The minimum Gasteiger partial charge on any atom is -0.482 e. The number of aromatic nitrogens is 2. The zero-order valence-corrected chi connectivity index (χ0v) is 17.9. The van der Waals surface area contributed by atoms with Crippen molar-refractivity contribution in [2.45, 2.75) is 20.4 Å². The number of esters is 1. The van der Waals surface area contributed by atoms with Gasteiger partial charge in [0.2, 0.25) is 5.78 Å². The molecule has 1 aromatic heterocycles. The van der Waals surface area contributed by atoms with E-state index in [1.54, 1.807) is 24.3 Å². The third kappa shape index (κ3) is 5.57. The van der Waals surface area contributed by atoms with Gasteiger partial charge in [-0.15, -0.1) is 0 Å². The van der Waals surface area contributed by atoms with Crippen LogP contribution in [0.4, 0.5) is 5.82 Å². The van der Waals surface area contributed by atoms with Gasteiger partial charge in [0, 0.05) is 18.1 Å². The Morgan fingerprint density at radius 2 is 1.76 bits per heavy atom. The lowest BCUT2D eigenvalue weighted by Crippen LogP contribution is -2.43. The zero-order valence-electron chi connectivity index (χ0n) is 16.3. The second-order valence-corrected chi connectivity index (χ2v) is 7.65. The average molecular weight is 468 g/mol. The highest BCUT2D eigenvalue weighted by Gasteiger charge is 2.23. The molecule has 0 radical (unpaired) electrons. The van der Waals surface area contributed by atoms with Gasteiger partial charge in [0.1, 0.15) is 17.1 Å². The first-order valence-corrected chi connectivity index (χ1v) is 9.57. The molecule has 10 heteroatoms. The number of hydrogen-bond acceptors (Lipinski definition) is 7. The van der Waals surface area contributed by atoms with Gasteiger partial charge >= 0.3 is 11.7 Å². The summed E-state index contributed by atoms with van der Waals surface area (Å²) in [5.74, 6) is -1.30. The maximum atomic E-state index is 12.5. The molecule has 2 rings (SSSR count). The number of carbonyl (C=O) groups excluding carboxylic acids is 2. The van der Waals surface area contributed by atoms with Gasteiger partial charge in [-0.1, -0.05) is 29.8 Å². The van der Waals surface area contributed by atoms with Crippen LogP contribution >= 0.6 is 15.9 Å². The molecule has 0 amide bonds. The van der Waals surface area contributed by atoms with Crippen LogP contribution in [0.5, 0.6) is 5.75 Å². The van der Waals surface area contributed by atoms with Gasteiger partial charge < -0.3 is 15.2 Å². The largest absolute Gasteiger partial charge is 0.482 e. The lowest BCUT2D eigenvalue weighted by atomic mass is 10.1. The molecule has 0 atom stereocenters. The average Bonchev–Trinajstić information content (AvgIpc) is 2.67. The van der Waals surface area contributed by atoms with Crippen molar-refractivity contribution >= 4 is 33.5 Å². The predicted molar refractivity (Wildman–Crippen MR) is 110 cm³/mol. The Bertz CT molecular complexity index is 1020. The highest BCUT2D eigenvalue weighted by Crippen LogP contribution is 2.16. The minimum atomic E-state index is -0.834. The first-order chi connectivity index (χ1) is 13.6.